The molecule has 3 aromatic rings. The Balaban J connectivity index is 1.47. The normalized spacial score (nSPS) is 14.0. The number of fused-ring (bicyclic) bond motifs is 1. The molecule has 29 heavy (non-hydrogen) atoms. The number of amides is 1. The lowest BCUT2D eigenvalue weighted by Gasteiger charge is -2.16. The lowest BCUT2D eigenvalue weighted by molar-refractivity contribution is -0.115. The highest BCUT2D eigenvalue weighted by Gasteiger charge is 2.18. The van der Waals surface area contributed by atoms with Crippen LogP contribution >= 0.6 is 11.8 Å². The highest BCUT2D eigenvalue weighted by Crippen LogP contribution is 2.36. The molecule has 0 radical (unpaired) electrons. The van der Waals surface area contributed by atoms with Gasteiger partial charge in [-0.05, 0) is 36.8 Å². The van der Waals surface area contributed by atoms with Crippen molar-refractivity contribution in [3.63, 3.8) is 0 Å². The van der Waals surface area contributed by atoms with Gasteiger partial charge in [-0.25, -0.2) is 0 Å². The third kappa shape index (κ3) is 4.74. The smallest absolute Gasteiger partial charge is 0.237 e. The monoisotopic (exact) mass is 405 g/mol. The first kappa shape index (κ1) is 19.4. The Kier molecular flexibility index (Phi) is 6.06. The number of thioether (sulfide) groups is 1. The molecule has 5 heteroatoms. The van der Waals surface area contributed by atoms with Crippen molar-refractivity contribution < 1.29 is 14.3 Å². The second kappa shape index (κ2) is 9.05. The summed E-state index contributed by atoms with van der Waals surface area (Å²) in [5.74, 6) is 1.47. The summed E-state index contributed by atoms with van der Waals surface area (Å²) in [6.07, 6.45) is 0.872. The number of ether oxygens (including phenoxy) is 2. The Morgan fingerprint density at radius 3 is 2.48 bits per heavy atom. The van der Waals surface area contributed by atoms with E-state index >= 15 is 0 Å². The van der Waals surface area contributed by atoms with E-state index in [1.807, 2.05) is 79.7 Å². The number of para-hydroxylation sites is 1. The van der Waals surface area contributed by atoms with Gasteiger partial charge in [-0.15, -0.1) is 11.8 Å². The van der Waals surface area contributed by atoms with Crippen molar-refractivity contribution in [2.45, 2.75) is 23.5 Å². The average molecular weight is 406 g/mol. The van der Waals surface area contributed by atoms with Crippen LogP contribution in [0.2, 0.25) is 0 Å². The SMILES string of the molecule is CC(Sc1ccc2c(c1)OCCCO2)C(=O)Nc1ccccc1-c1ccccc1. The van der Waals surface area contributed by atoms with Crippen LogP contribution in [0.15, 0.2) is 77.7 Å². The lowest BCUT2D eigenvalue weighted by atomic mass is 10.0. The van der Waals surface area contributed by atoms with Crippen LogP contribution in [0, 0.1) is 0 Å². The van der Waals surface area contributed by atoms with Crippen molar-refractivity contribution in [1.82, 2.24) is 0 Å². The third-order valence-electron chi connectivity index (χ3n) is 4.67. The fraction of sp³-hybridized carbons (Fsp3) is 0.208. The molecule has 4 rings (SSSR count). The van der Waals surface area contributed by atoms with Crippen LogP contribution in [0.3, 0.4) is 0 Å². The summed E-state index contributed by atoms with van der Waals surface area (Å²) in [5, 5.41) is 2.83. The molecule has 1 heterocycles. The van der Waals surface area contributed by atoms with Gasteiger partial charge < -0.3 is 14.8 Å². The lowest BCUT2D eigenvalue weighted by Crippen LogP contribution is -2.22. The number of rotatable bonds is 5. The fourth-order valence-corrected chi connectivity index (χ4v) is 4.07. The van der Waals surface area contributed by atoms with Crippen molar-refractivity contribution >= 4 is 23.4 Å². The molecule has 3 aromatic carbocycles. The van der Waals surface area contributed by atoms with Gasteiger partial charge in [0.15, 0.2) is 11.5 Å². The summed E-state index contributed by atoms with van der Waals surface area (Å²) in [6.45, 7) is 3.22. The summed E-state index contributed by atoms with van der Waals surface area (Å²) in [6, 6.07) is 23.8. The fourth-order valence-electron chi connectivity index (χ4n) is 3.17. The summed E-state index contributed by atoms with van der Waals surface area (Å²) >= 11 is 1.50. The molecule has 0 aromatic heterocycles. The number of benzene rings is 3. The molecule has 148 valence electrons. The Hall–Kier alpha value is -2.92. The van der Waals surface area contributed by atoms with Crippen LogP contribution in [0.4, 0.5) is 5.69 Å². The minimum absolute atomic E-state index is 0.0366. The van der Waals surface area contributed by atoms with E-state index in [9.17, 15) is 4.79 Å². The van der Waals surface area contributed by atoms with Gasteiger partial charge in [0, 0.05) is 22.6 Å². The van der Waals surface area contributed by atoms with Crippen LogP contribution in [0.1, 0.15) is 13.3 Å². The maximum Gasteiger partial charge on any atom is 0.237 e. The predicted octanol–water partition coefficient (Wildman–Crippen LogP) is 5.63. The first-order chi connectivity index (χ1) is 14.2. The number of carbonyl (C=O) groups is 1. The first-order valence-electron chi connectivity index (χ1n) is 9.72. The van der Waals surface area contributed by atoms with E-state index in [4.69, 9.17) is 9.47 Å². The Bertz CT molecular complexity index is 990. The maximum absolute atomic E-state index is 12.9. The number of anilines is 1. The van der Waals surface area contributed by atoms with Gasteiger partial charge in [0.25, 0.3) is 0 Å². The third-order valence-corrected chi connectivity index (χ3v) is 5.76. The van der Waals surface area contributed by atoms with Crippen LogP contribution in [0.25, 0.3) is 11.1 Å². The Labute approximate surface area is 175 Å². The molecular weight excluding hydrogens is 382 g/mol. The van der Waals surface area contributed by atoms with Gasteiger partial charge >= 0.3 is 0 Å². The standard InChI is InChI=1S/C24H23NO3S/c1-17(29-19-12-13-22-23(16-19)28-15-7-14-27-22)24(26)25-21-11-6-5-10-20(21)18-8-3-2-4-9-18/h2-6,8-13,16-17H,7,14-15H2,1H3,(H,25,26). The molecule has 1 aliphatic heterocycles. The number of hydrogen-bond donors (Lipinski definition) is 1. The molecule has 0 saturated heterocycles. The molecule has 0 bridgehead atoms. The number of carbonyl (C=O) groups excluding carboxylic acids is 1. The van der Waals surface area contributed by atoms with Gasteiger partial charge in [0.2, 0.25) is 5.91 Å². The molecule has 1 unspecified atom stereocenters. The maximum atomic E-state index is 12.9. The van der Waals surface area contributed by atoms with Crippen molar-refractivity contribution in [3.8, 4) is 22.6 Å². The zero-order chi connectivity index (χ0) is 20.1. The van der Waals surface area contributed by atoms with E-state index in [1.165, 1.54) is 11.8 Å². The van der Waals surface area contributed by atoms with Crippen molar-refractivity contribution in [1.29, 1.82) is 0 Å². The van der Waals surface area contributed by atoms with Crippen molar-refractivity contribution in [2.75, 3.05) is 18.5 Å². The largest absolute Gasteiger partial charge is 0.490 e. The molecule has 1 aliphatic rings. The van der Waals surface area contributed by atoms with Gasteiger partial charge in [-0.3, -0.25) is 4.79 Å². The molecule has 0 spiro atoms. The van der Waals surface area contributed by atoms with Crippen molar-refractivity contribution in [3.05, 3.63) is 72.8 Å². The summed E-state index contributed by atoms with van der Waals surface area (Å²) < 4.78 is 11.4. The average Bonchev–Trinajstić information content (AvgIpc) is 3.00. The molecular formula is C24H23NO3S. The molecule has 1 atom stereocenters. The topological polar surface area (TPSA) is 47.6 Å². The van der Waals surface area contributed by atoms with Crippen LogP contribution < -0.4 is 14.8 Å². The molecule has 0 saturated carbocycles. The highest BCUT2D eigenvalue weighted by molar-refractivity contribution is 8.00. The molecule has 4 nitrogen and oxygen atoms in total. The molecule has 0 fully saturated rings. The zero-order valence-corrected chi connectivity index (χ0v) is 17.1. The second-order valence-electron chi connectivity index (χ2n) is 6.82. The van der Waals surface area contributed by atoms with E-state index < -0.39 is 0 Å². The summed E-state index contributed by atoms with van der Waals surface area (Å²) in [7, 11) is 0. The molecule has 1 N–H and O–H groups in total. The second-order valence-corrected chi connectivity index (χ2v) is 8.23. The summed E-state index contributed by atoms with van der Waals surface area (Å²) in [5.41, 5.74) is 2.90. The predicted molar refractivity (Wildman–Crippen MR) is 118 cm³/mol. The van der Waals surface area contributed by atoms with Gasteiger partial charge in [-0.2, -0.15) is 0 Å². The quantitative estimate of drug-likeness (QED) is 0.559. The van der Waals surface area contributed by atoms with E-state index in [-0.39, 0.29) is 11.2 Å². The first-order valence-corrected chi connectivity index (χ1v) is 10.6. The van der Waals surface area contributed by atoms with Crippen LogP contribution in [-0.2, 0) is 4.79 Å². The van der Waals surface area contributed by atoms with E-state index in [2.05, 4.69) is 5.32 Å². The van der Waals surface area contributed by atoms with Crippen LogP contribution in [-0.4, -0.2) is 24.4 Å². The van der Waals surface area contributed by atoms with Crippen LogP contribution in [0.5, 0.6) is 11.5 Å². The minimum atomic E-state index is -0.261. The number of nitrogens with one attached hydrogen (secondary N) is 1. The zero-order valence-electron chi connectivity index (χ0n) is 16.3. The van der Waals surface area contributed by atoms with Gasteiger partial charge in [0.1, 0.15) is 0 Å². The Morgan fingerprint density at radius 1 is 0.931 bits per heavy atom. The minimum Gasteiger partial charge on any atom is -0.490 e. The van der Waals surface area contributed by atoms with Gasteiger partial charge in [-0.1, -0.05) is 48.5 Å². The van der Waals surface area contributed by atoms with Crippen molar-refractivity contribution in [2.24, 2.45) is 0 Å². The summed E-state index contributed by atoms with van der Waals surface area (Å²) in [4.78, 5) is 13.8. The molecule has 1 amide bonds. The molecule has 0 aliphatic carbocycles. The van der Waals surface area contributed by atoms with Gasteiger partial charge in [0.05, 0.1) is 18.5 Å². The number of hydrogen-bond acceptors (Lipinski definition) is 4. The van der Waals surface area contributed by atoms with E-state index in [0.29, 0.717) is 13.2 Å². The Morgan fingerprint density at radius 2 is 1.66 bits per heavy atom. The van der Waals surface area contributed by atoms with E-state index in [0.717, 1.165) is 39.6 Å². The highest BCUT2D eigenvalue weighted by atomic mass is 32.2. The van der Waals surface area contributed by atoms with E-state index in [1.54, 1.807) is 0 Å².